The van der Waals surface area contributed by atoms with E-state index in [1.54, 1.807) is 72.8 Å². The van der Waals surface area contributed by atoms with E-state index in [1.807, 2.05) is 6.07 Å². The van der Waals surface area contributed by atoms with Crippen LogP contribution in [0.15, 0.2) is 77.6 Å². The average Bonchev–Trinajstić information content (AvgIpc) is 2.78. The number of nitrogens with zero attached hydrogens (tertiary/aromatic N) is 3. The predicted octanol–water partition coefficient (Wildman–Crippen LogP) is 4.47. The standard InChI is InChI=1S/C23H17N3O4/c1-30-21-13-7-6-12-20(21)25-22(24-18-10-4-3-9-17(18)23(25)27)15-14-16-8-2-5-11-19(16)26(28)29/h2-15H,1H3. The van der Waals surface area contributed by atoms with E-state index in [2.05, 4.69) is 4.98 Å². The Kier molecular flexibility index (Phi) is 5.09. The molecule has 0 aliphatic carbocycles. The number of hydrogen-bond donors (Lipinski definition) is 0. The van der Waals surface area contributed by atoms with Crippen LogP contribution in [0.5, 0.6) is 5.75 Å². The van der Waals surface area contributed by atoms with Crippen molar-refractivity contribution in [1.82, 2.24) is 9.55 Å². The highest BCUT2D eigenvalue weighted by Gasteiger charge is 2.15. The Labute approximate surface area is 171 Å². The van der Waals surface area contributed by atoms with Crippen molar-refractivity contribution >= 4 is 28.7 Å². The highest BCUT2D eigenvalue weighted by Crippen LogP contribution is 2.25. The van der Waals surface area contributed by atoms with Gasteiger partial charge in [0.2, 0.25) is 0 Å². The Morgan fingerprint density at radius 1 is 0.967 bits per heavy atom. The van der Waals surface area contributed by atoms with Crippen LogP contribution in [0.1, 0.15) is 11.4 Å². The molecule has 0 amide bonds. The normalized spacial score (nSPS) is 11.1. The van der Waals surface area contributed by atoms with E-state index in [4.69, 9.17) is 4.74 Å². The minimum absolute atomic E-state index is 0.0271. The lowest BCUT2D eigenvalue weighted by Crippen LogP contribution is -2.22. The number of rotatable bonds is 5. The Hall–Kier alpha value is -4.26. The van der Waals surface area contributed by atoms with Crippen molar-refractivity contribution in [3.05, 3.63) is 105 Å². The third-order valence-corrected chi connectivity index (χ3v) is 4.67. The third-order valence-electron chi connectivity index (χ3n) is 4.67. The molecule has 148 valence electrons. The predicted molar refractivity (Wildman–Crippen MR) is 116 cm³/mol. The second-order valence-electron chi connectivity index (χ2n) is 6.45. The second kappa shape index (κ2) is 8.00. The second-order valence-corrected chi connectivity index (χ2v) is 6.45. The lowest BCUT2D eigenvalue weighted by atomic mass is 10.1. The third kappa shape index (κ3) is 3.44. The molecule has 0 fully saturated rings. The van der Waals surface area contributed by atoms with Gasteiger partial charge in [-0.25, -0.2) is 4.98 Å². The number of benzene rings is 3. The zero-order valence-corrected chi connectivity index (χ0v) is 16.1. The number of aromatic nitrogens is 2. The zero-order valence-electron chi connectivity index (χ0n) is 16.1. The van der Waals surface area contributed by atoms with Crippen molar-refractivity contribution in [2.75, 3.05) is 7.11 Å². The van der Waals surface area contributed by atoms with Crippen molar-refractivity contribution in [1.29, 1.82) is 0 Å². The first-order valence-corrected chi connectivity index (χ1v) is 9.17. The topological polar surface area (TPSA) is 87.3 Å². The number of fused-ring (bicyclic) bond motifs is 1. The van der Waals surface area contributed by atoms with Crippen molar-refractivity contribution in [2.45, 2.75) is 0 Å². The van der Waals surface area contributed by atoms with E-state index in [-0.39, 0.29) is 11.2 Å². The minimum Gasteiger partial charge on any atom is -0.495 e. The molecule has 3 aromatic carbocycles. The molecule has 1 heterocycles. The molecule has 0 saturated carbocycles. The fourth-order valence-electron chi connectivity index (χ4n) is 3.27. The lowest BCUT2D eigenvalue weighted by Gasteiger charge is -2.14. The molecule has 7 heteroatoms. The largest absolute Gasteiger partial charge is 0.495 e. The lowest BCUT2D eigenvalue weighted by molar-refractivity contribution is -0.385. The van der Waals surface area contributed by atoms with Crippen LogP contribution in [0.25, 0.3) is 28.7 Å². The van der Waals surface area contributed by atoms with Gasteiger partial charge in [0.15, 0.2) is 0 Å². The van der Waals surface area contributed by atoms with E-state index in [0.717, 1.165) is 0 Å². The van der Waals surface area contributed by atoms with Gasteiger partial charge in [-0.3, -0.25) is 19.5 Å². The van der Waals surface area contributed by atoms with Crippen molar-refractivity contribution < 1.29 is 9.66 Å². The van der Waals surface area contributed by atoms with Crippen LogP contribution in [-0.4, -0.2) is 21.6 Å². The van der Waals surface area contributed by atoms with E-state index in [9.17, 15) is 14.9 Å². The maximum absolute atomic E-state index is 13.3. The molecule has 0 aliphatic rings. The summed E-state index contributed by atoms with van der Waals surface area (Å²) in [7, 11) is 1.53. The first-order valence-electron chi connectivity index (χ1n) is 9.17. The molecule has 4 rings (SSSR count). The van der Waals surface area contributed by atoms with Gasteiger partial charge in [-0.2, -0.15) is 0 Å². The van der Waals surface area contributed by atoms with Crippen LogP contribution in [0.2, 0.25) is 0 Å². The van der Waals surface area contributed by atoms with Gasteiger partial charge in [-0.1, -0.05) is 36.4 Å². The van der Waals surface area contributed by atoms with Crippen molar-refractivity contribution in [2.24, 2.45) is 0 Å². The summed E-state index contributed by atoms with van der Waals surface area (Å²) in [5.41, 5.74) is 1.20. The van der Waals surface area contributed by atoms with Gasteiger partial charge < -0.3 is 4.74 Å². The molecule has 0 atom stereocenters. The first kappa shape index (κ1) is 19.1. The van der Waals surface area contributed by atoms with Gasteiger partial charge in [0.25, 0.3) is 11.2 Å². The first-order chi connectivity index (χ1) is 14.6. The van der Waals surface area contributed by atoms with Gasteiger partial charge >= 0.3 is 0 Å². The average molecular weight is 399 g/mol. The Bertz CT molecular complexity index is 1340. The van der Waals surface area contributed by atoms with E-state index in [1.165, 1.54) is 17.7 Å². The van der Waals surface area contributed by atoms with Crippen molar-refractivity contribution in [3.63, 3.8) is 0 Å². The molecule has 0 N–H and O–H groups in total. The summed E-state index contributed by atoms with van der Waals surface area (Å²) >= 11 is 0. The number of nitro benzene ring substituents is 1. The number of ether oxygens (including phenoxy) is 1. The summed E-state index contributed by atoms with van der Waals surface area (Å²) in [5, 5.41) is 11.8. The van der Waals surface area contributed by atoms with Gasteiger partial charge in [0, 0.05) is 6.07 Å². The van der Waals surface area contributed by atoms with Gasteiger partial charge in [0.1, 0.15) is 11.6 Å². The summed E-state index contributed by atoms with van der Waals surface area (Å²) in [6.45, 7) is 0. The Balaban J connectivity index is 1.98. The summed E-state index contributed by atoms with van der Waals surface area (Å²) in [5.74, 6) is 0.846. The number of para-hydroxylation sites is 4. The fourth-order valence-corrected chi connectivity index (χ4v) is 3.27. The number of methoxy groups -OCH3 is 1. The molecule has 30 heavy (non-hydrogen) atoms. The van der Waals surface area contributed by atoms with Crippen LogP contribution in [-0.2, 0) is 0 Å². The monoisotopic (exact) mass is 399 g/mol. The maximum Gasteiger partial charge on any atom is 0.276 e. The highest BCUT2D eigenvalue weighted by molar-refractivity contribution is 5.81. The molecular weight excluding hydrogens is 382 g/mol. The molecule has 0 bridgehead atoms. The Morgan fingerprint density at radius 2 is 1.67 bits per heavy atom. The van der Waals surface area contributed by atoms with Crippen LogP contribution in [0.3, 0.4) is 0 Å². The molecule has 7 nitrogen and oxygen atoms in total. The molecule has 0 unspecified atom stereocenters. The van der Waals surface area contributed by atoms with E-state index < -0.39 is 4.92 Å². The molecule has 0 spiro atoms. The summed E-state index contributed by atoms with van der Waals surface area (Å²) in [4.78, 5) is 28.8. The van der Waals surface area contributed by atoms with Crippen LogP contribution in [0.4, 0.5) is 5.69 Å². The molecule has 1 aromatic heterocycles. The maximum atomic E-state index is 13.3. The zero-order chi connectivity index (χ0) is 21.1. The molecule has 4 aromatic rings. The van der Waals surface area contributed by atoms with Crippen LogP contribution in [0, 0.1) is 10.1 Å². The van der Waals surface area contributed by atoms with Crippen LogP contribution >= 0.6 is 0 Å². The number of nitro groups is 1. The minimum atomic E-state index is -0.444. The molecule has 0 radical (unpaired) electrons. The van der Waals surface area contributed by atoms with Crippen LogP contribution < -0.4 is 10.3 Å². The summed E-state index contributed by atoms with van der Waals surface area (Å²) in [6, 6.07) is 20.6. The summed E-state index contributed by atoms with van der Waals surface area (Å²) in [6.07, 6.45) is 3.18. The Morgan fingerprint density at radius 3 is 2.47 bits per heavy atom. The van der Waals surface area contributed by atoms with Crippen molar-refractivity contribution in [3.8, 4) is 11.4 Å². The SMILES string of the molecule is COc1ccccc1-n1c(C=Cc2ccccc2[N+](=O)[O-])nc2ccccc2c1=O. The van der Waals surface area contributed by atoms with Gasteiger partial charge in [-0.15, -0.1) is 0 Å². The van der Waals surface area contributed by atoms with E-state index in [0.29, 0.717) is 33.7 Å². The summed E-state index contributed by atoms with van der Waals surface area (Å²) < 4.78 is 6.89. The quantitative estimate of drug-likeness (QED) is 0.365. The van der Waals surface area contributed by atoms with Gasteiger partial charge in [-0.05, 0) is 42.5 Å². The molecular formula is C23H17N3O4. The smallest absolute Gasteiger partial charge is 0.276 e. The fraction of sp³-hybridized carbons (Fsp3) is 0.0435. The van der Waals surface area contributed by atoms with E-state index >= 15 is 0 Å². The van der Waals surface area contributed by atoms with Gasteiger partial charge in [0.05, 0.1) is 34.2 Å². The highest BCUT2D eigenvalue weighted by atomic mass is 16.6. The number of hydrogen-bond acceptors (Lipinski definition) is 5. The molecule has 0 aliphatic heterocycles. The molecule has 0 saturated heterocycles.